The maximum Gasteiger partial charge on any atom is 0.311 e. The van der Waals surface area contributed by atoms with E-state index in [-0.39, 0.29) is 18.0 Å². The molecule has 2 atom stereocenters. The first-order chi connectivity index (χ1) is 7.96. The zero-order chi connectivity index (χ0) is 13.5. The molecule has 0 aliphatic carbocycles. The molecule has 0 saturated carbocycles. The standard InChI is InChI=1S/C13H28O3Si/c1-7-15-13(14)11(5)12(6)16-17(8-2,9-3)10-4/h11-12H,7-10H2,1-6H3/t11-,12-/m1/s1. The minimum absolute atomic E-state index is 0.0411. The minimum Gasteiger partial charge on any atom is -0.466 e. The molecule has 17 heavy (non-hydrogen) atoms. The van der Waals surface area contributed by atoms with Crippen molar-refractivity contribution < 1.29 is 14.0 Å². The lowest BCUT2D eigenvalue weighted by atomic mass is 10.1. The van der Waals surface area contributed by atoms with Crippen LogP contribution in [0.2, 0.25) is 18.1 Å². The van der Waals surface area contributed by atoms with Gasteiger partial charge < -0.3 is 9.16 Å². The molecule has 3 nitrogen and oxygen atoms in total. The Labute approximate surface area is 107 Å². The topological polar surface area (TPSA) is 35.5 Å². The third-order valence-electron chi connectivity index (χ3n) is 3.73. The Morgan fingerprint density at radius 2 is 1.53 bits per heavy atom. The lowest BCUT2D eigenvalue weighted by molar-refractivity contribution is -0.150. The van der Waals surface area contributed by atoms with Crippen molar-refractivity contribution in [2.24, 2.45) is 5.92 Å². The van der Waals surface area contributed by atoms with Crippen LogP contribution in [0.25, 0.3) is 0 Å². The Morgan fingerprint density at radius 1 is 1.06 bits per heavy atom. The first-order valence-corrected chi connectivity index (χ1v) is 9.33. The Balaban J connectivity index is 4.49. The second kappa shape index (κ2) is 7.87. The summed E-state index contributed by atoms with van der Waals surface area (Å²) in [5.74, 6) is -0.322. The molecule has 102 valence electrons. The van der Waals surface area contributed by atoms with Crippen LogP contribution < -0.4 is 0 Å². The van der Waals surface area contributed by atoms with Gasteiger partial charge in [0.1, 0.15) is 0 Å². The molecule has 0 aromatic carbocycles. The lowest BCUT2D eigenvalue weighted by Crippen LogP contribution is -2.42. The van der Waals surface area contributed by atoms with Crippen molar-refractivity contribution in [2.75, 3.05) is 6.61 Å². The van der Waals surface area contributed by atoms with Crippen molar-refractivity contribution in [1.82, 2.24) is 0 Å². The molecule has 0 bridgehead atoms. The summed E-state index contributed by atoms with van der Waals surface area (Å²) in [6, 6.07) is 3.33. The molecule has 0 fully saturated rings. The molecule has 0 aromatic rings. The van der Waals surface area contributed by atoms with Crippen LogP contribution in [0, 0.1) is 5.92 Å². The molecular formula is C13H28O3Si. The summed E-state index contributed by atoms with van der Waals surface area (Å²) in [7, 11) is -1.62. The van der Waals surface area contributed by atoms with Gasteiger partial charge in [0, 0.05) is 0 Å². The van der Waals surface area contributed by atoms with Gasteiger partial charge in [-0.1, -0.05) is 20.8 Å². The van der Waals surface area contributed by atoms with Gasteiger partial charge in [0.2, 0.25) is 0 Å². The summed E-state index contributed by atoms with van der Waals surface area (Å²) < 4.78 is 11.3. The zero-order valence-corrected chi connectivity index (χ0v) is 13.2. The average Bonchev–Trinajstić information content (AvgIpc) is 2.35. The van der Waals surface area contributed by atoms with Crippen molar-refractivity contribution in [2.45, 2.75) is 65.8 Å². The molecule has 0 saturated heterocycles. The highest BCUT2D eigenvalue weighted by Crippen LogP contribution is 2.25. The molecule has 0 N–H and O–H groups in total. The number of rotatable bonds is 8. The van der Waals surface area contributed by atoms with Crippen LogP contribution in [0.5, 0.6) is 0 Å². The van der Waals surface area contributed by atoms with Crippen LogP contribution in [-0.4, -0.2) is 27.0 Å². The zero-order valence-electron chi connectivity index (χ0n) is 12.2. The minimum atomic E-state index is -1.62. The van der Waals surface area contributed by atoms with E-state index in [2.05, 4.69) is 20.8 Å². The van der Waals surface area contributed by atoms with Crippen molar-refractivity contribution in [1.29, 1.82) is 0 Å². The first-order valence-electron chi connectivity index (χ1n) is 6.80. The normalized spacial score (nSPS) is 15.4. The van der Waals surface area contributed by atoms with Gasteiger partial charge in [0.15, 0.2) is 8.32 Å². The van der Waals surface area contributed by atoms with Crippen LogP contribution in [0.4, 0.5) is 0 Å². The Hall–Kier alpha value is -0.353. The van der Waals surface area contributed by atoms with Crippen LogP contribution in [-0.2, 0) is 14.0 Å². The fraction of sp³-hybridized carbons (Fsp3) is 0.923. The number of hydrogen-bond donors (Lipinski definition) is 0. The number of ether oxygens (including phenoxy) is 1. The highest BCUT2D eigenvalue weighted by Gasteiger charge is 2.34. The van der Waals surface area contributed by atoms with Gasteiger partial charge in [-0.05, 0) is 38.9 Å². The van der Waals surface area contributed by atoms with E-state index in [9.17, 15) is 4.79 Å². The Kier molecular flexibility index (Phi) is 7.71. The number of esters is 1. The van der Waals surface area contributed by atoms with Gasteiger partial charge >= 0.3 is 5.97 Å². The fourth-order valence-corrected chi connectivity index (χ4v) is 4.95. The summed E-state index contributed by atoms with van der Waals surface area (Å²) in [4.78, 5) is 11.6. The largest absolute Gasteiger partial charge is 0.466 e. The van der Waals surface area contributed by atoms with Crippen molar-refractivity contribution in [3.05, 3.63) is 0 Å². The van der Waals surface area contributed by atoms with Gasteiger partial charge in [0.05, 0.1) is 18.6 Å². The Bertz CT molecular complexity index is 218. The molecule has 0 radical (unpaired) electrons. The second-order valence-electron chi connectivity index (χ2n) is 4.61. The number of hydrogen-bond acceptors (Lipinski definition) is 3. The van der Waals surface area contributed by atoms with Gasteiger partial charge in [0.25, 0.3) is 0 Å². The summed E-state index contributed by atoms with van der Waals surface area (Å²) in [5, 5.41) is 0. The molecule has 0 heterocycles. The van der Waals surface area contributed by atoms with E-state index in [1.807, 2.05) is 20.8 Å². The van der Waals surface area contributed by atoms with Crippen molar-refractivity contribution in [3.8, 4) is 0 Å². The van der Waals surface area contributed by atoms with E-state index < -0.39 is 8.32 Å². The third kappa shape index (κ3) is 4.80. The Morgan fingerprint density at radius 3 is 1.88 bits per heavy atom. The summed E-state index contributed by atoms with van der Waals surface area (Å²) in [6.45, 7) is 12.7. The molecule has 4 heteroatoms. The second-order valence-corrected chi connectivity index (χ2v) is 9.33. The summed E-state index contributed by atoms with van der Waals surface area (Å²) in [5.41, 5.74) is 0. The van der Waals surface area contributed by atoms with E-state index in [1.54, 1.807) is 0 Å². The maximum absolute atomic E-state index is 11.6. The van der Waals surface area contributed by atoms with Crippen LogP contribution in [0.1, 0.15) is 41.5 Å². The van der Waals surface area contributed by atoms with Gasteiger partial charge in [-0.15, -0.1) is 0 Å². The fourth-order valence-electron chi connectivity index (χ4n) is 1.96. The van der Waals surface area contributed by atoms with Crippen LogP contribution in [0.3, 0.4) is 0 Å². The third-order valence-corrected chi connectivity index (χ3v) is 8.47. The quantitative estimate of drug-likeness (QED) is 0.494. The van der Waals surface area contributed by atoms with E-state index in [0.717, 1.165) is 18.1 Å². The molecule has 0 aliphatic heterocycles. The molecule has 0 aromatic heterocycles. The van der Waals surface area contributed by atoms with E-state index >= 15 is 0 Å². The van der Waals surface area contributed by atoms with Crippen LogP contribution in [0.15, 0.2) is 0 Å². The monoisotopic (exact) mass is 260 g/mol. The molecule has 0 spiro atoms. The predicted octanol–water partition coefficient (Wildman–Crippen LogP) is 3.60. The molecule has 0 unspecified atom stereocenters. The van der Waals surface area contributed by atoms with Crippen molar-refractivity contribution in [3.63, 3.8) is 0 Å². The summed E-state index contributed by atoms with van der Waals surface area (Å²) >= 11 is 0. The molecule has 0 rings (SSSR count). The highest BCUT2D eigenvalue weighted by atomic mass is 28.4. The summed E-state index contributed by atoms with van der Waals surface area (Å²) in [6.07, 6.45) is -0.0411. The SMILES string of the molecule is CCOC(=O)[C@H](C)[C@@H](C)O[Si](CC)(CC)CC. The van der Waals surface area contributed by atoms with E-state index in [4.69, 9.17) is 9.16 Å². The van der Waals surface area contributed by atoms with E-state index in [1.165, 1.54) is 0 Å². The van der Waals surface area contributed by atoms with Crippen LogP contribution >= 0.6 is 0 Å². The van der Waals surface area contributed by atoms with Gasteiger partial charge in [-0.2, -0.15) is 0 Å². The molecule has 0 amide bonds. The lowest BCUT2D eigenvalue weighted by Gasteiger charge is -2.33. The first kappa shape index (κ1) is 16.6. The predicted molar refractivity (Wildman–Crippen MR) is 73.5 cm³/mol. The molecule has 0 aliphatic rings. The molecular weight excluding hydrogens is 232 g/mol. The smallest absolute Gasteiger partial charge is 0.311 e. The van der Waals surface area contributed by atoms with E-state index in [0.29, 0.717) is 6.61 Å². The van der Waals surface area contributed by atoms with Gasteiger partial charge in [-0.3, -0.25) is 4.79 Å². The number of carbonyl (C=O) groups excluding carboxylic acids is 1. The maximum atomic E-state index is 11.6. The van der Waals surface area contributed by atoms with Gasteiger partial charge in [-0.25, -0.2) is 0 Å². The average molecular weight is 260 g/mol. The number of carbonyl (C=O) groups is 1. The van der Waals surface area contributed by atoms with Crippen molar-refractivity contribution >= 4 is 14.3 Å². The highest BCUT2D eigenvalue weighted by molar-refractivity contribution is 6.73.